The maximum atomic E-state index is 13.0. The highest BCUT2D eigenvalue weighted by Gasteiger charge is 2.17. The summed E-state index contributed by atoms with van der Waals surface area (Å²) in [6.07, 6.45) is 4.75. The van der Waals surface area contributed by atoms with Crippen LogP contribution in [-0.2, 0) is 13.1 Å². The maximum Gasteiger partial charge on any atom is 0.336 e. The molecule has 0 radical (unpaired) electrons. The molecule has 0 saturated heterocycles. The van der Waals surface area contributed by atoms with Crippen molar-refractivity contribution in [3.8, 4) is 6.07 Å². The number of rotatable bonds is 5. The fourth-order valence-corrected chi connectivity index (χ4v) is 4.15. The number of benzene rings is 1. The Balaban J connectivity index is 0.00000289. The van der Waals surface area contributed by atoms with Crippen molar-refractivity contribution < 1.29 is 4.79 Å². The van der Waals surface area contributed by atoms with Crippen molar-refractivity contribution in [2.24, 2.45) is 0 Å². The number of halogens is 1. The van der Waals surface area contributed by atoms with Gasteiger partial charge in [-0.1, -0.05) is 12.1 Å². The van der Waals surface area contributed by atoms with E-state index in [0.717, 1.165) is 27.0 Å². The number of nitrogens with one attached hydrogen (secondary N) is 1. The van der Waals surface area contributed by atoms with Crippen LogP contribution in [0.4, 0.5) is 0 Å². The third-order valence-corrected chi connectivity index (χ3v) is 6.05. The number of thiazole rings is 1. The van der Waals surface area contributed by atoms with E-state index in [9.17, 15) is 14.4 Å². The number of pyridine rings is 1. The van der Waals surface area contributed by atoms with Crippen molar-refractivity contribution >= 4 is 34.5 Å². The highest BCUT2D eigenvalue weighted by Crippen LogP contribution is 2.18. The number of amides is 1. The van der Waals surface area contributed by atoms with Crippen molar-refractivity contribution in [1.29, 1.82) is 5.26 Å². The van der Waals surface area contributed by atoms with Gasteiger partial charge in [0, 0.05) is 30.7 Å². The zero-order valence-electron chi connectivity index (χ0n) is 16.9. The highest BCUT2D eigenvalue weighted by molar-refractivity contribution is 7.19. The normalized spacial score (nSPS) is 10.4. The van der Waals surface area contributed by atoms with Gasteiger partial charge in [-0.05, 0) is 42.3 Å². The van der Waals surface area contributed by atoms with Crippen molar-refractivity contribution in [2.75, 3.05) is 0 Å². The Labute approximate surface area is 192 Å². The van der Waals surface area contributed by atoms with Crippen molar-refractivity contribution in [3.05, 3.63) is 103 Å². The van der Waals surface area contributed by atoms with E-state index in [1.807, 2.05) is 6.07 Å². The Morgan fingerprint density at radius 3 is 2.47 bits per heavy atom. The molecular weight excluding hydrogens is 450 g/mol. The zero-order chi connectivity index (χ0) is 22.0. The first-order chi connectivity index (χ1) is 15.0. The van der Waals surface area contributed by atoms with E-state index in [0.29, 0.717) is 27.4 Å². The molecule has 1 aromatic carbocycles. The van der Waals surface area contributed by atoms with Crippen LogP contribution in [0.25, 0.3) is 4.83 Å². The molecule has 0 spiro atoms. The molecule has 0 bridgehead atoms. The average molecular weight is 468 g/mol. The van der Waals surface area contributed by atoms with Crippen LogP contribution in [-0.4, -0.2) is 19.9 Å². The molecule has 0 aliphatic rings. The maximum absolute atomic E-state index is 13.0. The van der Waals surface area contributed by atoms with E-state index < -0.39 is 11.2 Å². The Morgan fingerprint density at radius 1 is 1.12 bits per heavy atom. The first kappa shape index (κ1) is 22.9. The quantitative estimate of drug-likeness (QED) is 0.485. The second-order valence-corrected chi connectivity index (χ2v) is 7.95. The Bertz CT molecular complexity index is 1430. The van der Waals surface area contributed by atoms with Gasteiger partial charge in [0.05, 0.1) is 18.2 Å². The smallest absolute Gasteiger partial charge is 0.336 e. The fourth-order valence-electron chi connectivity index (χ4n) is 3.15. The Hall–Kier alpha value is -3.74. The number of fused-ring (bicyclic) bond motifs is 1. The predicted molar refractivity (Wildman–Crippen MR) is 123 cm³/mol. The summed E-state index contributed by atoms with van der Waals surface area (Å²) in [5.74, 6) is -0.324. The summed E-state index contributed by atoms with van der Waals surface area (Å²) in [6.45, 7) is 2.04. The average Bonchev–Trinajstić information content (AvgIpc) is 3.26. The predicted octanol–water partition coefficient (Wildman–Crippen LogP) is 2.50. The molecule has 8 nitrogen and oxygen atoms in total. The van der Waals surface area contributed by atoms with Crippen LogP contribution in [0.3, 0.4) is 0 Å². The molecule has 1 N–H and O–H groups in total. The zero-order valence-corrected chi connectivity index (χ0v) is 18.6. The highest BCUT2D eigenvalue weighted by atomic mass is 35.5. The molecule has 4 aromatic rings. The third kappa shape index (κ3) is 4.46. The molecule has 10 heteroatoms. The van der Waals surface area contributed by atoms with Gasteiger partial charge < -0.3 is 5.32 Å². The summed E-state index contributed by atoms with van der Waals surface area (Å²) in [5.41, 5.74) is 1.61. The second kappa shape index (κ2) is 9.60. The molecule has 3 heterocycles. The first-order valence-electron chi connectivity index (χ1n) is 9.39. The van der Waals surface area contributed by atoms with Gasteiger partial charge in [-0.2, -0.15) is 5.26 Å². The monoisotopic (exact) mass is 467 g/mol. The van der Waals surface area contributed by atoms with Gasteiger partial charge in [-0.15, -0.1) is 23.7 Å². The van der Waals surface area contributed by atoms with Gasteiger partial charge in [-0.25, -0.2) is 4.79 Å². The molecule has 4 rings (SSSR count). The van der Waals surface area contributed by atoms with E-state index in [-0.39, 0.29) is 24.9 Å². The molecule has 0 aliphatic carbocycles. The molecule has 0 aliphatic heterocycles. The van der Waals surface area contributed by atoms with E-state index in [4.69, 9.17) is 5.26 Å². The third-order valence-electron chi connectivity index (χ3n) is 4.85. The summed E-state index contributed by atoms with van der Waals surface area (Å²) >= 11 is 1.10. The molecule has 0 unspecified atom stereocenters. The minimum absolute atomic E-state index is 0. The van der Waals surface area contributed by atoms with Crippen molar-refractivity contribution in [1.82, 2.24) is 19.3 Å². The number of carbonyl (C=O) groups excluding carboxylic acids is 1. The number of hydrogen-bond donors (Lipinski definition) is 1. The minimum atomic E-state index is -0.514. The van der Waals surface area contributed by atoms with Gasteiger partial charge in [-0.3, -0.25) is 23.5 Å². The van der Waals surface area contributed by atoms with E-state index in [1.165, 1.54) is 10.6 Å². The number of aromatic nitrogens is 3. The lowest BCUT2D eigenvalue weighted by atomic mass is 10.1. The van der Waals surface area contributed by atoms with E-state index in [2.05, 4.69) is 10.3 Å². The lowest BCUT2D eigenvalue weighted by molar-refractivity contribution is 0.0954. The Kier molecular flexibility index (Phi) is 6.88. The number of nitrogens with zero attached hydrogens (tertiary/aromatic N) is 4. The van der Waals surface area contributed by atoms with Gasteiger partial charge in [0.15, 0.2) is 0 Å². The van der Waals surface area contributed by atoms with Crippen LogP contribution in [0, 0.1) is 18.3 Å². The molecule has 162 valence electrons. The molecule has 3 aromatic heterocycles. The lowest BCUT2D eigenvalue weighted by Gasteiger charge is -2.07. The molecular formula is C22H18ClN5O3S. The number of carbonyl (C=O) groups is 1. The van der Waals surface area contributed by atoms with Crippen molar-refractivity contribution in [2.45, 2.75) is 20.0 Å². The van der Waals surface area contributed by atoms with Gasteiger partial charge >= 0.3 is 5.69 Å². The number of hydrogen-bond acceptors (Lipinski definition) is 6. The first-order valence-corrected chi connectivity index (χ1v) is 10.2. The van der Waals surface area contributed by atoms with Gasteiger partial charge in [0.2, 0.25) is 0 Å². The van der Waals surface area contributed by atoms with Crippen LogP contribution in [0.2, 0.25) is 0 Å². The summed E-state index contributed by atoms with van der Waals surface area (Å²) in [7, 11) is 0. The minimum Gasteiger partial charge on any atom is -0.347 e. The topological polar surface area (TPSA) is 109 Å². The van der Waals surface area contributed by atoms with E-state index in [1.54, 1.807) is 55.7 Å². The number of aryl methyl sites for hydroxylation is 1. The summed E-state index contributed by atoms with van der Waals surface area (Å²) in [4.78, 5) is 43.1. The molecule has 0 atom stereocenters. The van der Waals surface area contributed by atoms with Crippen LogP contribution >= 0.6 is 23.7 Å². The van der Waals surface area contributed by atoms with Gasteiger partial charge in [0.25, 0.3) is 11.5 Å². The largest absolute Gasteiger partial charge is 0.347 e. The standard InChI is InChI=1S/C22H17N5O3S.ClH/c1-14-20(29)26(12-17-4-2-15(10-23)3-5-17)22(30)27-13-18(31-21(14)27)19(28)25-11-16-6-8-24-9-7-16;/h2-9,13H,11-12H2,1H3,(H,25,28);1H. The SMILES string of the molecule is Cc1c(=O)n(Cc2ccc(C#N)cc2)c(=O)n2cc(C(=O)NCc3ccncc3)sc12.Cl. The van der Waals surface area contributed by atoms with Crippen LogP contribution < -0.4 is 16.6 Å². The lowest BCUT2D eigenvalue weighted by Crippen LogP contribution is -2.38. The second-order valence-electron chi connectivity index (χ2n) is 6.92. The van der Waals surface area contributed by atoms with E-state index >= 15 is 0 Å². The summed E-state index contributed by atoms with van der Waals surface area (Å²) in [6, 6.07) is 12.3. The summed E-state index contributed by atoms with van der Waals surface area (Å²) < 4.78 is 2.47. The van der Waals surface area contributed by atoms with Crippen molar-refractivity contribution in [3.63, 3.8) is 0 Å². The molecule has 0 saturated carbocycles. The van der Waals surface area contributed by atoms with Crippen LogP contribution in [0.15, 0.2) is 64.6 Å². The fraction of sp³-hybridized carbons (Fsp3) is 0.136. The summed E-state index contributed by atoms with van der Waals surface area (Å²) in [5, 5.41) is 11.7. The Morgan fingerprint density at radius 2 is 1.81 bits per heavy atom. The van der Waals surface area contributed by atoms with Crippen LogP contribution in [0.1, 0.15) is 31.9 Å². The number of nitriles is 1. The molecule has 0 fully saturated rings. The van der Waals surface area contributed by atoms with Gasteiger partial charge in [0.1, 0.15) is 9.71 Å². The van der Waals surface area contributed by atoms with Crippen LogP contribution in [0.5, 0.6) is 0 Å². The molecule has 1 amide bonds. The molecule has 32 heavy (non-hydrogen) atoms.